The summed E-state index contributed by atoms with van der Waals surface area (Å²) in [5.74, 6) is 0.200. The molecular weight excluding hydrogens is 324 g/mol. The van der Waals surface area contributed by atoms with Gasteiger partial charge in [-0.1, -0.05) is 80.3 Å². The summed E-state index contributed by atoms with van der Waals surface area (Å²) < 4.78 is 2.25. The lowest BCUT2D eigenvalue weighted by atomic mass is 10.0. The zero-order valence-corrected chi connectivity index (χ0v) is 16.7. The SMILES string of the molecule is CC(=O)CC/C(=N/N(Cc1ccccc1)[Si](C)(C)C)c1ccccc1. The Morgan fingerprint density at radius 2 is 1.48 bits per heavy atom. The second-order valence-corrected chi connectivity index (χ2v) is 12.2. The van der Waals surface area contributed by atoms with Crippen LogP contribution < -0.4 is 0 Å². The van der Waals surface area contributed by atoms with Gasteiger partial charge in [-0.3, -0.25) is 0 Å². The van der Waals surface area contributed by atoms with Crippen molar-refractivity contribution in [3.8, 4) is 0 Å². The van der Waals surface area contributed by atoms with Crippen molar-refractivity contribution in [1.29, 1.82) is 0 Å². The summed E-state index contributed by atoms with van der Waals surface area (Å²) >= 11 is 0. The number of rotatable bonds is 8. The van der Waals surface area contributed by atoms with Crippen LogP contribution in [-0.4, -0.2) is 24.4 Å². The monoisotopic (exact) mass is 352 g/mol. The van der Waals surface area contributed by atoms with Crippen LogP contribution in [0.25, 0.3) is 0 Å². The molecule has 0 amide bonds. The molecule has 3 nitrogen and oxygen atoms in total. The van der Waals surface area contributed by atoms with E-state index in [0.29, 0.717) is 12.8 Å². The Kier molecular flexibility index (Phi) is 6.71. The van der Waals surface area contributed by atoms with Gasteiger partial charge in [-0.25, -0.2) is 0 Å². The first-order valence-corrected chi connectivity index (χ1v) is 12.2. The van der Waals surface area contributed by atoms with Gasteiger partial charge in [0.15, 0.2) is 8.24 Å². The number of carbonyl (C=O) groups is 1. The van der Waals surface area contributed by atoms with Gasteiger partial charge >= 0.3 is 0 Å². The predicted octanol–water partition coefficient (Wildman–Crippen LogP) is 5.10. The molecule has 0 heterocycles. The minimum atomic E-state index is -1.66. The van der Waals surface area contributed by atoms with Crippen LogP contribution in [0.1, 0.15) is 30.9 Å². The average Bonchev–Trinajstić information content (AvgIpc) is 2.58. The topological polar surface area (TPSA) is 32.7 Å². The fraction of sp³-hybridized carbons (Fsp3) is 0.333. The molecule has 4 heteroatoms. The van der Waals surface area contributed by atoms with E-state index < -0.39 is 8.24 Å². The fourth-order valence-corrected chi connectivity index (χ4v) is 3.58. The van der Waals surface area contributed by atoms with Crippen molar-refractivity contribution in [1.82, 2.24) is 4.67 Å². The van der Waals surface area contributed by atoms with Crippen molar-refractivity contribution in [3.05, 3.63) is 71.8 Å². The highest BCUT2D eigenvalue weighted by Gasteiger charge is 2.24. The summed E-state index contributed by atoms with van der Waals surface area (Å²) in [5.41, 5.74) is 3.35. The lowest BCUT2D eigenvalue weighted by molar-refractivity contribution is -0.116. The molecular formula is C21H28N2OSi. The van der Waals surface area contributed by atoms with E-state index in [9.17, 15) is 4.79 Å². The van der Waals surface area contributed by atoms with E-state index in [1.807, 2.05) is 24.3 Å². The van der Waals surface area contributed by atoms with Gasteiger partial charge in [0.25, 0.3) is 0 Å². The van der Waals surface area contributed by atoms with Gasteiger partial charge < -0.3 is 9.47 Å². The maximum Gasteiger partial charge on any atom is 0.169 e. The van der Waals surface area contributed by atoms with Crippen molar-refractivity contribution >= 4 is 19.7 Å². The fourth-order valence-electron chi connectivity index (χ4n) is 2.50. The first kappa shape index (κ1) is 19.1. The molecule has 0 aliphatic carbocycles. The van der Waals surface area contributed by atoms with Gasteiger partial charge in [-0.15, -0.1) is 0 Å². The van der Waals surface area contributed by atoms with Crippen LogP contribution in [0.2, 0.25) is 19.6 Å². The molecule has 0 atom stereocenters. The van der Waals surface area contributed by atoms with Crippen molar-refractivity contribution < 1.29 is 4.79 Å². The Bertz CT molecular complexity index is 706. The molecule has 0 spiro atoms. The van der Waals surface area contributed by atoms with Crippen LogP contribution in [0.15, 0.2) is 65.8 Å². The van der Waals surface area contributed by atoms with E-state index in [1.54, 1.807) is 6.92 Å². The second-order valence-electron chi connectivity index (χ2n) is 7.33. The van der Waals surface area contributed by atoms with Gasteiger partial charge in [0.1, 0.15) is 5.78 Å². The molecule has 2 aromatic rings. The molecule has 0 saturated carbocycles. The minimum Gasteiger partial charge on any atom is -0.320 e. The van der Waals surface area contributed by atoms with Crippen LogP contribution in [0.5, 0.6) is 0 Å². The third-order valence-electron chi connectivity index (χ3n) is 4.01. The molecule has 0 fully saturated rings. The van der Waals surface area contributed by atoms with E-state index >= 15 is 0 Å². The van der Waals surface area contributed by atoms with Crippen LogP contribution in [-0.2, 0) is 11.3 Å². The number of carbonyl (C=O) groups excluding carboxylic acids is 1. The zero-order valence-electron chi connectivity index (χ0n) is 15.7. The molecule has 0 aliphatic heterocycles. The van der Waals surface area contributed by atoms with Gasteiger partial charge in [0.05, 0.1) is 12.3 Å². The van der Waals surface area contributed by atoms with Crippen LogP contribution in [0.3, 0.4) is 0 Å². The standard InChI is InChI=1S/C21H28N2OSi/c1-18(24)15-16-21(20-13-9-6-10-14-20)22-23(25(2,3)4)17-19-11-7-5-8-12-19/h5-14H,15-17H2,1-4H3/b22-21-. The number of Topliss-reactive ketones (excluding diaryl/α,β-unsaturated/α-hetero) is 1. The average molecular weight is 353 g/mol. The van der Waals surface area contributed by atoms with Gasteiger partial charge in [-0.2, -0.15) is 5.10 Å². The number of nitrogens with zero attached hydrogens (tertiary/aromatic N) is 2. The Morgan fingerprint density at radius 1 is 0.920 bits per heavy atom. The minimum absolute atomic E-state index is 0.200. The molecule has 2 aromatic carbocycles. The van der Waals surface area contributed by atoms with Crippen molar-refractivity contribution in [2.45, 2.75) is 46.0 Å². The molecule has 0 radical (unpaired) electrons. The molecule has 132 valence electrons. The summed E-state index contributed by atoms with van der Waals surface area (Å²) in [4.78, 5) is 11.5. The third-order valence-corrected chi connectivity index (χ3v) is 5.82. The quantitative estimate of drug-likeness (QED) is 0.376. The predicted molar refractivity (Wildman–Crippen MR) is 108 cm³/mol. The second kappa shape index (κ2) is 8.76. The molecule has 0 aliphatic rings. The maximum atomic E-state index is 11.5. The van der Waals surface area contributed by atoms with Crippen molar-refractivity contribution in [2.24, 2.45) is 5.10 Å². The Morgan fingerprint density at radius 3 is 2.00 bits per heavy atom. The molecule has 0 N–H and O–H groups in total. The number of benzene rings is 2. The Hall–Kier alpha value is -2.20. The normalized spacial score (nSPS) is 12.1. The van der Waals surface area contributed by atoms with Gasteiger partial charge in [-0.05, 0) is 24.5 Å². The lowest BCUT2D eigenvalue weighted by Crippen LogP contribution is -2.42. The number of hydrazone groups is 1. The van der Waals surface area contributed by atoms with Crippen molar-refractivity contribution in [3.63, 3.8) is 0 Å². The van der Waals surface area contributed by atoms with Gasteiger partial charge in [0.2, 0.25) is 0 Å². The summed E-state index contributed by atoms with van der Waals surface area (Å²) in [6.45, 7) is 9.34. The summed E-state index contributed by atoms with van der Waals surface area (Å²) in [7, 11) is -1.66. The Balaban J connectivity index is 2.35. The first-order valence-electron chi connectivity index (χ1n) is 8.80. The zero-order chi connectivity index (χ0) is 18.3. The van der Waals surface area contributed by atoms with Crippen LogP contribution >= 0.6 is 0 Å². The maximum absolute atomic E-state index is 11.5. The van der Waals surface area contributed by atoms with E-state index in [0.717, 1.165) is 17.8 Å². The molecule has 0 unspecified atom stereocenters. The molecule has 25 heavy (non-hydrogen) atoms. The highest BCUT2D eigenvalue weighted by molar-refractivity contribution is 6.73. The summed E-state index contributed by atoms with van der Waals surface area (Å²) in [6, 6.07) is 20.6. The van der Waals surface area contributed by atoms with Gasteiger partial charge in [0, 0.05) is 6.42 Å². The smallest absolute Gasteiger partial charge is 0.169 e. The molecule has 0 aromatic heterocycles. The summed E-state index contributed by atoms with van der Waals surface area (Å²) in [5, 5.41) is 5.04. The highest BCUT2D eigenvalue weighted by atomic mass is 28.3. The molecule has 0 bridgehead atoms. The van der Waals surface area contributed by atoms with E-state index in [1.165, 1.54) is 5.56 Å². The largest absolute Gasteiger partial charge is 0.320 e. The Labute approximate surface area is 152 Å². The van der Waals surface area contributed by atoms with E-state index in [4.69, 9.17) is 5.10 Å². The number of hydrogen-bond acceptors (Lipinski definition) is 3. The highest BCUT2D eigenvalue weighted by Crippen LogP contribution is 2.18. The third kappa shape index (κ3) is 6.31. The summed E-state index contributed by atoms with van der Waals surface area (Å²) in [6.07, 6.45) is 1.20. The number of ketones is 1. The molecule has 2 rings (SSSR count). The van der Waals surface area contributed by atoms with Crippen LogP contribution in [0, 0.1) is 0 Å². The van der Waals surface area contributed by atoms with Crippen LogP contribution in [0.4, 0.5) is 0 Å². The molecule has 0 saturated heterocycles. The first-order chi connectivity index (χ1) is 11.9. The number of hydrogen-bond donors (Lipinski definition) is 0. The van der Waals surface area contributed by atoms with Crippen molar-refractivity contribution in [2.75, 3.05) is 0 Å². The van der Waals surface area contributed by atoms with E-state index in [2.05, 4.69) is 60.7 Å². The van der Waals surface area contributed by atoms with E-state index in [-0.39, 0.29) is 5.78 Å². The lowest BCUT2D eigenvalue weighted by Gasteiger charge is -2.32.